The number of alkyl halides is 6. The van der Waals surface area contributed by atoms with E-state index in [1.54, 1.807) is 0 Å². The first-order valence-corrected chi connectivity index (χ1v) is 9.16. The lowest BCUT2D eigenvalue weighted by molar-refractivity contribution is -0.383. The van der Waals surface area contributed by atoms with Gasteiger partial charge in [0.2, 0.25) is 11.6 Å². The van der Waals surface area contributed by atoms with Gasteiger partial charge in [0.15, 0.2) is 5.82 Å². The number of rotatable bonds is 5. The highest BCUT2D eigenvalue weighted by molar-refractivity contribution is 6.33. The van der Waals surface area contributed by atoms with Gasteiger partial charge in [0.05, 0.1) is 26.1 Å². The smallest absolute Gasteiger partial charge is 0.334 e. The van der Waals surface area contributed by atoms with E-state index < -0.39 is 55.8 Å². The molecular formula is C17H8Cl2F6N6O2. The number of nitrogens with one attached hydrogen (secondary N) is 2. The Morgan fingerprint density at radius 3 is 2.03 bits per heavy atom. The van der Waals surface area contributed by atoms with Gasteiger partial charge in [-0.05, 0) is 24.3 Å². The molecular weight excluding hydrogens is 505 g/mol. The first kappa shape index (κ1) is 24.3. The molecule has 0 atom stereocenters. The normalized spacial score (nSPS) is 11.9. The van der Waals surface area contributed by atoms with Crippen LogP contribution in [0.1, 0.15) is 11.1 Å². The van der Waals surface area contributed by atoms with Crippen molar-refractivity contribution >= 4 is 52.0 Å². The van der Waals surface area contributed by atoms with E-state index in [-0.39, 0.29) is 11.5 Å². The number of hydrogen-bond acceptors (Lipinski definition) is 7. The molecule has 174 valence electrons. The Balaban J connectivity index is 1.99. The van der Waals surface area contributed by atoms with Crippen molar-refractivity contribution in [1.82, 2.24) is 15.0 Å². The predicted molar refractivity (Wildman–Crippen MR) is 106 cm³/mol. The van der Waals surface area contributed by atoms with Crippen molar-refractivity contribution in [1.29, 1.82) is 0 Å². The molecule has 0 aliphatic rings. The van der Waals surface area contributed by atoms with E-state index in [1.807, 2.05) is 0 Å². The Hall–Kier alpha value is -3.39. The van der Waals surface area contributed by atoms with Crippen LogP contribution in [0.4, 0.5) is 55.2 Å². The van der Waals surface area contributed by atoms with E-state index in [1.165, 1.54) is 0 Å². The van der Waals surface area contributed by atoms with E-state index in [0.717, 1.165) is 18.5 Å². The van der Waals surface area contributed by atoms with Crippen LogP contribution < -0.4 is 10.6 Å². The summed E-state index contributed by atoms with van der Waals surface area (Å²) in [5.74, 6) is -1.43. The quantitative estimate of drug-likeness (QED) is 0.225. The molecule has 1 aromatic carbocycles. The first-order valence-electron chi connectivity index (χ1n) is 8.40. The van der Waals surface area contributed by atoms with Crippen molar-refractivity contribution in [3.63, 3.8) is 0 Å². The highest BCUT2D eigenvalue weighted by Crippen LogP contribution is 2.39. The third-order valence-electron chi connectivity index (χ3n) is 3.94. The maximum atomic E-state index is 13.1. The fraction of sp³-hybridized carbons (Fsp3) is 0.118. The van der Waals surface area contributed by atoms with Gasteiger partial charge in [0, 0.05) is 11.9 Å². The number of aromatic nitrogens is 3. The highest BCUT2D eigenvalue weighted by Gasteiger charge is 2.34. The molecule has 0 aliphatic carbocycles. The molecule has 33 heavy (non-hydrogen) atoms. The van der Waals surface area contributed by atoms with E-state index in [0.29, 0.717) is 18.3 Å². The fourth-order valence-corrected chi connectivity index (χ4v) is 2.93. The Morgan fingerprint density at radius 1 is 0.848 bits per heavy atom. The van der Waals surface area contributed by atoms with Crippen molar-refractivity contribution in [3.8, 4) is 0 Å². The van der Waals surface area contributed by atoms with Crippen molar-refractivity contribution in [2.45, 2.75) is 12.4 Å². The van der Waals surface area contributed by atoms with Gasteiger partial charge in [-0.25, -0.2) is 15.0 Å². The number of hydrogen-bond donors (Lipinski definition) is 2. The molecule has 0 unspecified atom stereocenters. The average Bonchev–Trinajstić information content (AvgIpc) is 2.69. The second-order valence-electron chi connectivity index (χ2n) is 6.17. The summed E-state index contributed by atoms with van der Waals surface area (Å²) in [4.78, 5) is 21.5. The summed E-state index contributed by atoms with van der Waals surface area (Å²) < 4.78 is 77.5. The number of halogens is 8. The zero-order valence-corrected chi connectivity index (χ0v) is 17.1. The van der Waals surface area contributed by atoms with Gasteiger partial charge in [0.25, 0.3) is 0 Å². The standard InChI is InChI=1S/C17H8Cl2F6N6O2/c18-10-2-1-8(4-9(10)17(23,24)25)29-14-12(31(32)33)15(28-6-27-14)30-13-11(19)3-7(5-26-13)16(20,21)22/h1-6H,(H2,26,27,28,29,30). The van der Waals surface area contributed by atoms with Gasteiger partial charge in [-0.3, -0.25) is 10.1 Å². The number of anilines is 4. The van der Waals surface area contributed by atoms with Gasteiger partial charge in [-0.1, -0.05) is 23.2 Å². The van der Waals surface area contributed by atoms with Crippen LogP contribution in [0.2, 0.25) is 10.0 Å². The summed E-state index contributed by atoms with van der Waals surface area (Å²) in [7, 11) is 0. The molecule has 0 radical (unpaired) electrons. The molecule has 0 saturated heterocycles. The average molecular weight is 513 g/mol. The maximum absolute atomic E-state index is 13.1. The molecule has 3 rings (SSSR count). The molecule has 0 aliphatic heterocycles. The molecule has 0 saturated carbocycles. The molecule has 2 N–H and O–H groups in total. The SMILES string of the molecule is O=[N+]([O-])c1c(Nc2ccc(Cl)c(C(F)(F)F)c2)ncnc1Nc1ncc(C(F)(F)F)cc1Cl. The van der Waals surface area contributed by atoms with E-state index in [2.05, 4.69) is 25.6 Å². The maximum Gasteiger partial charge on any atom is 0.417 e. The zero-order chi connectivity index (χ0) is 24.6. The van der Waals surface area contributed by atoms with Crippen LogP contribution in [-0.2, 0) is 12.4 Å². The molecule has 0 bridgehead atoms. The molecule has 0 spiro atoms. The lowest BCUT2D eigenvalue weighted by atomic mass is 10.2. The van der Waals surface area contributed by atoms with Crippen LogP contribution in [0.15, 0.2) is 36.8 Å². The summed E-state index contributed by atoms with van der Waals surface area (Å²) >= 11 is 11.3. The zero-order valence-electron chi connectivity index (χ0n) is 15.6. The van der Waals surface area contributed by atoms with Crippen molar-refractivity contribution in [2.75, 3.05) is 10.6 Å². The molecule has 0 fully saturated rings. The van der Waals surface area contributed by atoms with Gasteiger partial charge in [-0.15, -0.1) is 0 Å². The summed E-state index contributed by atoms with van der Waals surface area (Å²) in [6, 6.07) is 3.24. The van der Waals surface area contributed by atoms with Crippen molar-refractivity contribution in [3.05, 3.63) is 68.1 Å². The Bertz CT molecular complexity index is 1220. The summed E-state index contributed by atoms with van der Waals surface area (Å²) in [5.41, 5.74) is -3.41. The topological polar surface area (TPSA) is 106 Å². The molecule has 3 aromatic rings. The van der Waals surface area contributed by atoms with Gasteiger partial charge < -0.3 is 10.6 Å². The number of benzene rings is 1. The third-order valence-corrected chi connectivity index (χ3v) is 4.56. The van der Waals surface area contributed by atoms with Gasteiger partial charge >= 0.3 is 18.0 Å². The molecule has 8 nitrogen and oxygen atoms in total. The van der Waals surface area contributed by atoms with Crippen LogP contribution in [-0.4, -0.2) is 19.9 Å². The minimum atomic E-state index is -4.79. The summed E-state index contributed by atoms with van der Waals surface area (Å²) in [5, 5.41) is 15.2. The van der Waals surface area contributed by atoms with Crippen molar-refractivity contribution in [2.24, 2.45) is 0 Å². The molecule has 2 heterocycles. The minimum Gasteiger partial charge on any atom is -0.334 e. The third kappa shape index (κ3) is 5.51. The fourth-order valence-electron chi connectivity index (χ4n) is 2.49. The van der Waals surface area contributed by atoms with Crippen LogP contribution in [0.3, 0.4) is 0 Å². The lowest BCUT2D eigenvalue weighted by Gasteiger charge is -2.13. The van der Waals surface area contributed by atoms with E-state index >= 15 is 0 Å². The largest absolute Gasteiger partial charge is 0.417 e. The van der Waals surface area contributed by atoms with Crippen LogP contribution >= 0.6 is 23.2 Å². The van der Waals surface area contributed by atoms with E-state index in [9.17, 15) is 36.5 Å². The Kier molecular flexibility index (Phi) is 6.51. The summed E-state index contributed by atoms with van der Waals surface area (Å²) in [6.07, 6.45) is -8.23. The van der Waals surface area contributed by atoms with Crippen LogP contribution in [0, 0.1) is 10.1 Å². The lowest BCUT2D eigenvalue weighted by Crippen LogP contribution is -2.09. The van der Waals surface area contributed by atoms with E-state index in [4.69, 9.17) is 23.2 Å². The Labute approximate surface area is 189 Å². The number of nitro groups is 1. The van der Waals surface area contributed by atoms with Gasteiger partial charge in [-0.2, -0.15) is 26.3 Å². The molecule has 16 heteroatoms. The first-order chi connectivity index (χ1) is 15.3. The number of nitrogens with zero attached hydrogens (tertiary/aromatic N) is 4. The van der Waals surface area contributed by atoms with Crippen LogP contribution in [0.25, 0.3) is 0 Å². The summed E-state index contributed by atoms with van der Waals surface area (Å²) in [6.45, 7) is 0. The Morgan fingerprint density at radius 2 is 1.48 bits per heavy atom. The minimum absolute atomic E-state index is 0.231. The van der Waals surface area contributed by atoms with Gasteiger partial charge in [0.1, 0.15) is 6.33 Å². The second kappa shape index (κ2) is 8.86. The van der Waals surface area contributed by atoms with Crippen molar-refractivity contribution < 1.29 is 31.3 Å². The predicted octanol–water partition coefficient (Wildman–Crippen LogP) is 6.61. The molecule has 0 amide bonds. The number of pyridine rings is 1. The monoisotopic (exact) mass is 512 g/mol. The molecule has 2 aromatic heterocycles. The van der Waals surface area contributed by atoms with Crippen LogP contribution in [0.5, 0.6) is 0 Å². The second-order valence-corrected chi connectivity index (χ2v) is 6.99. The highest BCUT2D eigenvalue weighted by atomic mass is 35.5.